The minimum Gasteiger partial charge on any atom is -0.497 e. The summed E-state index contributed by atoms with van der Waals surface area (Å²) in [5, 5.41) is 2.95. The lowest BCUT2D eigenvalue weighted by Crippen LogP contribution is -2.35. The highest BCUT2D eigenvalue weighted by Gasteiger charge is 2.10. The molecule has 2 aromatic carbocycles. The van der Waals surface area contributed by atoms with Crippen LogP contribution in [0, 0.1) is 0 Å². The van der Waals surface area contributed by atoms with Gasteiger partial charge in [0.25, 0.3) is 5.91 Å². The largest absolute Gasteiger partial charge is 0.497 e. The average Bonchev–Trinajstić information content (AvgIpc) is 2.68. The van der Waals surface area contributed by atoms with E-state index in [1.54, 1.807) is 31.4 Å². The predicted molar refractivity (Wildman–Crippen MR) is 96.7 cm³/mol. The zero-order valence-corrected chi connectivity index (χ0v) is 14.5. The topological polar surface area (TPSA) is 50.8 Å². The lowest BCUT2D eigenvalue weighted by atomic mass is 10.1. The average molecular weight is 340 g/mol. The Morgan fingerprint density at radius 3 is 2.32 bits per heavy atom. The van der Waals surface area contributed by atoms with Gasteiger partial charge in [-0.05, 0) is 35.4 Å². The maximum absolute atomic E-state index is 12.2. The lowest BCUT2D eigenvalue weighted by molar-refractivity contribution is 0.0342. The molecular weight excluding hydrogens is 316 g/mol. The number of morpholine rings is 1. The van der Waals surface area contributed by atoms with Crippen LogP contribution in [0.25, 0.3) is 0 Å². The van der Waals surface area contributed by atoms with Gasteiger partial charge < -0.3 is 14.8 Å². The normalized spacial score (nSPS) is 14.9. The summed E-state index contributed by atoms with van der Waals surface area (Å²) in [6.45, 7) is 5.06. The zero-order valence-electron chi connectivity index (χ0n) is 14.5. The maximum Gasteiger partial charge on any atom is 0.251 e. The van der Waals surface area contributed by atoms with Gasteiger partial charge in [-0.3, -0.25) is 9.69 Å². The number of carbonyl (C=O) groups is 1. The van der Waals surface area contributed by atoms with Crippen molar-refractivity contribution in [2.75, 3.05) is 33.4 Å². The number of nitrogens with zero attached hydrogens (tertiary/aromatic N) is 1. The van der Waals surface area contributed by atoms with E-state index in [1.165, 1.54) is 5.56 Å². The van der Waals surface area contributed by atoms with Crippen LogP contribution >= 0.6 is 0 Å². The number of amides is 1. The van der Waals surface area contributed by atoms with Gasteiger partial charge in [-0.15, -0.1) is 0 Å². The summed E-state index contributed by atoms with van der Waals surface area (Å²) in [6.07, 6.45) is 0. The SMILES string of the molecule is COc1ccc(C(=O)NCc2ccc(CN3CCOCC3)cc2)cc1. The number of rotatable bonds is 6. The van der Waals surface area contributed by atoms with E-state index in [0.717, 1.165) is 44.2 Å². The van der Waals surface area contributed by atoms with Crippen LogP contribution in [0.5, 0.6) is 5.75 Å². The molecule has 1 saturated heterocycles. The molecule has 5 heteroatoms. The monoisotopic (exact) mass is 340 g/mol. The molecule has 1 amide bonds. The van der Waals surface area contributed by atoms with Gasteiger partial charge in [0.15, 0.2) is 0 Å². The first-order chi connectivity index (χ1) is 12.2. The second-order valence-corrected chi connectivity index (χ2v) is 6.12. The Morgan fingerprint density at radius 1 is 1.04 bits per heavy atom. The van der Waals surface area contributed by atoms with Gasteiger partial charge in [0.2, 0.25) is 0 Å². The van der Waals surface area contributed by atoms with E-state index in [4.69, 9.17) is 9.47 Å². The van der Waals surface area contributed by atoms with Crippen molar-refractivity contribution in [1.82, 2.24) is 10.2 Å². The molecule has 3 rings (SSSR count). The smallest absolute Gasteiger partial charge is 0.251 e. The summed E-state index contributed by atoms with van der Waals surface area (Å²) < 4.78 is 10.5. The molecule has 1 N–H and O–H groups in total. The fraction of sp³-hybridized carbons (Fsp3) is 0.350. The number of methoxy groups -OCH3 is 1. The first-order valence-corrected chi connectivity index (χ1v) is 8.55. The van der Waals surface area contributed by atoms with E-state index in [9.17, 15) is 4.79 Å². The van der Waals surface area contributed by atoms with Crippen LogP contribution < -0.4 is 10.1 Å². The van der Waals surface area contributed by atoms with E-state index in [0.29, 0.717) is 12.1 Å². The van der Waals surface area contributed by atoms with Crippen molar-refractivity contribution >= 4 is 5.91 Å². The summed E-state index contributed by atoms with van der Waals surface area (Å²) >= 11 is 0. The van der Waals surface area contributed by atoms with Crippen LogP contribution in [0.15, 0.2) is 48.5 Å². The lowest BCUT2D eigenvalue weighted by Gasteiger charge is -2.26. The molecule has 0 saturated carbocycles. The molecule has 0 aliphatic carbocycles. The van der Waals surface area contributed by atoms with Crippen LogP contribution in [0.3, 0.4) is 0 Å². The molecule has 1 fully saturated rings. The molecule has 1 aliphatic heterocycles. The molecule has 1 aliphatic rings. The molecule has 0 aromatic heterocycles. The Kier molecular flexibility index (Phi) is 6.04. The molecule has 5 nitrogen and oxygen atoms in total. The molecule has 0 unspecified atom stereocenters. The van der Waals surface area contributed by atoms with Gasteiger partial charge in [0.05, 0.1) is 20.3 Å². The minimum atomic E-state index is -0.0833. The van der Waals surface area contributed by atoms with Crippen LogP contribution in [0.1, 0.15) is 21.5 Å². The van der Waals surface area contributed by atoms with Gasteiger partial charge >= 0.3 is 0 Å². The number of ether oxygens (including phenoxy) is 2. The van der Waals surface area contributed by atoms with E-state index in [-0.39, 0.29) is 5.91 Å². The van der Waals surface area contributed by atoms with Crippen LogP contribution in [0.4, 0.5) is 0 Å². The second kappa shape index (κ2) is 8.65. The van der Waals surface area contributed by atoms with Crippen molar-refractivity contribution in [3.05, 3.63) is 65.2 Å². The quantitative estimate of drug-likeness (QED) is 0.878. The third-order valence-electron chi connectivity index (χ3n) is 4.34. The van der Waals surface area contributed by atoms with Crippen molar-refractivity contribution in [3.8, 4) is 5.75 Å². The Balaban J connectivity index is 1.49. The Labute approximate surface area is 148 Å². The molecule has 0 atom stereocenters. The van der Waals surface area contributed by atoms with Crippen molar-refractivity contribution in [2.24, 2.45) is 0 Å². The molecule has 0 bridgehead atoms. The molecular formula is C20H24N2O3. The molecule has 2 aromatic rings. The van der Waals surface area contributed by atoms with Gasteiger partial charge in [-0.2, -0.15) is 0 Å². The Bertz CT molecular complexity index is 677. The first-order valence-electron chi connectivity index (χ1n) is 8.55. The highest BCUT2D eigenvalue weighted by molar-refractivity contribution is 5.94. The molecule has 25 heavy (non-hydrogen) atoms. The number of benzene rings is 2. The molecule has 0 radical (unpaired) electrons. The first kappa shape index (κ1) is 17.5. The zero-order chi connectivity index (χ0) is 17.5. The third-order valence-corrected chi connectivity index (χ3v) is 4.34. The number of hydrogen-bond donors (Lipinski definition) is 1. The van der Waals surface area contributed by atoms with Crippen molar-refractivity contribution in [2.45, 2.75) is 13.1 Å². The summed E-state index contributed by atoms with van der Waals surface area (Å²) in [6, 6.07) is 15.5. The van der Waals surface area contributed by atoms with Gasteiger partial charge in [0.1, 0.15) is 5.75 Å². The van der Waals surface area contributed by atoms with E-state index in [1.807, 2.05) is 0 Å². The van der Waals surface area contributed by atoms with Gasteiger partial charge in [-0.25, -0.2) is 0 Å². The van der Waals surface area contributed by atoms with E-state index in [2.05, 4.69) is 34.5 Å². The maximum atomic E-state index is 12.2. The molecule has 0 spiro atoms. The molecule has 1 heterocycles. The molecule has 132 valence electrons. The standard InChI is InChI=1S/C20H24N2O3/c1-24-19-8-6-18(7-9-19)20(23)21-14-16-2-4-17(5-3-16)15-22-10-12-25-13-11-22/h2-9H,10-15H2,1H3,(H,21,23). The van der Waals surface area contributed by atoms with Crippen molar-refractivity contribution in [1.29, 1.82) is 0 Å². The summed E-state index contributed by atoms with van der Waals surface area (Å²) in [5.74, 6) is 0.660. The van der Waals surface area contributed by atoms with Crippen molar-refractivity contribution in [3.63, 3.8) is 0 Å². The van der Waals surface area contributed by atoms with Crippen LogP contribution in [-0.2, 0) is 17.8 Å². The number of carbonyl (C=O) groups excluding carboxylic acids is 1. The summed E-state index contributed by atoms with van der Waals surface area (Å²) in [4.78, 5) is 14.6. The predicted octanol–water partition coefficient (Wildman–Crippen LogP) is 2.46. The Morgan fingerprint density at radius 2 is 1.68 bits per heavy atom. The Hall–Kier alpha value is -2.37. The third kappa shape index (κ3) is 5.05. The summed E-state index contributed by atoms with van der Waals surface area (Å²) in [7, 11) is 1.61. The van der Waals surface area contributed by atoms with E-state index >= 15 is 0 Å². The fourth-order valence-corrected chi connectivity index (χ4v) is 2.81. The van der Waals surface area contributed by atoms with Crippen LogP contribution in [0.2, 0.25) is 0 Å². The minimum absolute atomic E-state index is 0.0833. The van der Waals surface area contributed by atoms with Crippen molar-refractivity contribution < 1.29 is 14.3 Å². The number of hydrogen-bond acceptors (Lipinski definition) is 4. The fourth-order valence-electron chi connectivity index (χ4n) is 2.81. The number of nitrogens with one attached hydrogen (secondary N) is 1. The van der Waals surface area contributed by atoms with Gasteiger partial charge in [-0.1, -0.05) is 24.3 Å². The summed E-state index contributed by atoms with van der Waals surface area (Å²) in [5.41, 5.74) is 3.00. The van der Waals surface area contributed by atoms with Crippen LogP contribution in [-0.4, -0.2) is 44.2 Å². The highest BCUT2D eigenvalue weighted by Crippen LogP contribution is 2.12. The highest BCUT2D eigenvalue weighted by atomic mass is 16.5. The van der Waals surface area contributed by atoms with E-state index < -0.39 is 0 Å². The second-order valence-electron chi connectivity index (χ2n) is 6.12. The van der Waals surface area contributed by atoms with Gasteiger partial charge in [0, 0.05) is 31.7 Å².